The van der Waals surface area contributed by atoms with Crippen LogP contribution in [-0.4, -0.2) is 8.42 Å². The van der Waals surface area contributed by atoms with E-state index < -0.39 is 26.4 Å². The molecule has 0 bridgehead atoms. The zero-order valence-corrected chi connectivity index (χ0v) is 8.79. The van der Waals surface area contributed by atoms with E-state index in [0.29, 0.717) is 6.07 Å². The van der Waals surface area contributed by atoms with Crippen LogP contribution in [0.15, 0.2) is 12.1 Å². The second-order valence-electron chi connectivity index (χ2n) is 2.85. The molecule has 0 N–H and O–H groups in total. The van der Waals surface area contributed by atoms with Gasteiger partial charge in [0.05, 0.1) is 5.75 Å². The highest BCUT2D eigenvalue weighted by Crippen LogP contribution is 2.18. The Morgan fingerprint density at radius 1 is 1.36 bits per heavy atom. The molecular weight excluding hydrogens is 234 g/mol. The second kappa shape index (κ2) is 3.82. The van der Waals surface area contributed by atoms with Crippen LogP contribution in [0, 0.1) is 18.6 Å². The number of halogens is 3. The van der Waals surface area contributed by atoms with Crippen LogP contribution in [0.3, 0.4) is 0 Å². The normalized spacial score (nSPS) is 11.7. The Morgan fingerprint density at radius 2 is 1.93 bits per heavy atom. The van der Waals surface area contributed by atoms with E-state index in [4.69, 9.17) is 10.7 Å². The van der Waals surface area contributed by atoms with Crippen LogP contribution in [0.2, 0.25) is 0 Å². The fraction of sp³-hybridized carbons (Fsp3) is 0.250. The molecule has 0 fully saturated rings. The van der Waals surface area contributed by atoms with Gasteiger partial charge in [-0.25, -0.2) is 17.2 Å². The van der Waals surface area contributed by atoms with Crippen molar-refractivity contribution in [2.24, 2.45) is 0 Å². The Labute approximate surface area is 84.9 Å². The summed E-state index contributed by atoms with van der Waals surface area (Å²) in [5.41, 5.74) is 0.133. The Morgan fingerprint density at radius 3 is 2.43 bits per heavy atom. The van der Waals surface area contributed by atoms with Gasteiger partial charge in [-0.05, 0) is 24.1 Å². The highest BCUT2D eigenvalue weighted by Gasteiger charge is 2.13. The monoisotopic (exact) mass is 240 g/mol. The predicted octanol–water partition coefficient (Wildman–Crippen LogP) is 2.34. The first-order valence-electron chi connectivity index (χ1n) is 3.66. The maximum Gasteiger partial charge on any atom is 0.236 e. The van der Waals surface area contributed by atoms with Crippen molar-refractivity contribution >= 4 is 19.7 Å². The minimum atomic E-state index is -3.79. The lowest BCUT2D eigenvalue weighted by Crippen LogP contribution is -2.00. The lowest BCUT2D eigenvalue weighted by molar-refractivity contribution is 0.574. The lowest BCUT2D eigenvalue weighted by Gasteiger charge is -2.04. The van der Waals surface area contributed by atoms with E-state index >= 15 is 0 Å². The third kappa shape index (κ3) is 2.92. The van der Waals surface area contributed by atoms with Crippen molar-refractivity contribution in [3.63, 3.8) is 0 Å². The van der Waals surface area contributed by atoms with Gasteiger partial charge in [0.15, 0.2) is 0 Å². The minimum Gasteiger partial charge on any atom is -0.212 e. The number of benzene rings is 1. The average molecular weight is 241 g/mol. The van der Waals surface area contributed by atoms with Crippen LogP contribution < -0.4 is 0 Å². The summed E-state index contributed by atoms with van der Waals surface area (Å²) in [7, 11) is 1.18. The van der Waals surface area contributed by atoms with Gasteiger partial charge in [0.1, 0.15) is 11.6 Å². The SMILES string of the molecule is Cc1c(F)cc(F)cc1CS(=O)(=O)Cl. The first kappa shape index (κ1) is 11.4. The smallest absolute Gasteiger partial charge is 0.212 e. The summed E-state index contributed by atoms with van der Waals surface area (Å²) in [6, 6.07) is 1.65. The van der Waals surface area contributed by atoms with Crippen LogP contribution in [0.4, 0.5) is 8.78 Å². The van der Waals surface area contributed by atoms with Gasteiger partial charge in [0.25, 0.3) is 0 Å². The van der Waals surface area contributed by atoms with E-state index in [-0.39, 0.29) is 11.1 Å². The number of hydrogen-bond donors (Lipinski definition) is 0. The summed E-state index contributed by atoms with van der Waals surface area (Å²) in [5, 5.41) is 0. The van der Waals surface area contributed by atoms with Crippen molar-refractivity contribution in [2.45, 2.75) is 12.7 Å². The Balaban J connectivity index is 3.22. The van der Waals surface area contributed by atoms with Crippen LogP contribution >= 0.6 is 10.7 Å². The molecule has 0 aliphatic heterocycles. The molecule has 6 heteroatoms. The molecule has 0 atom stereocenters. The maximum atomic E-state index is 12.9. The molecule has 14 heavy (non-hydrogen) atoms. The molecule has 0 unspecified atom stereocenters. The van der Waals surface area contributed by atoms with Gasteiger partial charge >= 0.3 is 0 Å². The van der Waals surface area contributed by atoms with Crippen molar-refractivity contribution in [1.82, 2.24) is 0 Å². The standard InChI is InChI=1S/C8H7ClF2O2S/c1-5-6(4-14(9,12)13)2-7(10)3-8(5)11/h2-3H,4H2,1H3. The molecule has 0 radical (unpaired) electrons. The minimum absolute atomic E-state index is 0.0394. The first-order valence-corrected chi connectivity index (χ1v) is 6.14. The van der Waals surface area contributed by atoms with Gasteiger partial charge in [-0.1, -0.05) is 0 Å². The quantitative estimate of drug-likeness (QED) is 0.744. The molecule has 0 aromatic heterocycles. The number of hydrogen-bond acceptors (Lipinski definition) is 2. The predicted molar refractivity (Wildman–Crippen MR) is 49.6 cm³/mol. The van der Waals surface area contributed by atoms with Gasteiger partial charge < -0.3 is 0 Å². The summed E-state index contributed by atoms with van der Waals surface area (Å²) in [5.74, 6) is -2.17. The Bertz CT molecular complexity index is 457. The van der Waals surface area contributed by atoms with Crippen molar-refractivity contribution < 1.29 is 17.2 Å². The average Bonchev–Trinajstić information content (AvgIpc) is 1.96. The molecule has 0 heterocycles. The molecule has 78 valence electrons. The molecule has 0 aliphatic rings. The van der Waals surface area contributed by atoms with Crippen LogP contribution in [-0.2, 0) is 14.8 Å². The van der Waals surface area contributed by atoms with E-state index in [1.54, 1.807) is 0 Å². The molecule has 0 saturated heterocycles. The van der Waals surface area contributed by atoms with Crippen LogP contribution in [0.25, 0.3) is 0 Å². The molecule has 1 aromatic carbocycles. The van der Waals surface area contributed by atoms with E-state index in [2.05, 4.69) is 0 Å². The highest BCUT2D eigenvalue weighted by atomic mass is 35.7. The zero-order chi connectivity index (χ0) is 10.9. The summed E-state index contributed by atoms with van der Waals surface area (Å²) in [4.78, 5) is 0. The van der Waals surface area contributed by atoms with Crippen LogP contribution in [0.5, 0.6) is 0 Å². The van der Waals surface area contributed by atoms with Crippen molar-refractivity contribution in [2.75, 3.05) is 0 Å². The van der Waals surface area contributed by atoms with Gasteiger partial charge in [0, 0.05) is 16.7 Å². The molecule has 1 aromatic rings. The molecule has 2 nitrogen and oxygen atoms in total. The molecule has 1 rings (SSSR count). The maximum absolute atomic E-state index is 12.9. The molecule has 0 amide bonds. The van der Waals surface area contributed by atoms with Gasteiger partial charge in [-0.15, -0.1) is 0 Å². The summed E-state index contributed by atoms with van der Waals surface area (Å²) in [6.45, 7) is 1.37. The van der Waals surface area contributed by atoms with E-state index in [1.165, 1.54) is 6.92 Å². The third-order valence-corrected chi connectivity index (χ3v) is 2.73. The summed E-state index contributed by atoms with van der Waals surface area (Å²) in [6.07, 6.45) is 0. The molecule has 0 spiro atoms. The number of rotatable bonds is 2. The topological polar surface area (TPSA) is 34.1 Å². The molecular formula is C8H7ClF2O2S. The molecule has 0 saturated carbocycles. The fourth-order valence-electron chi connectivity index (χ4n) is 1.03. The second-order valence-corrected chi connectivity index (χ2v) is 5.63. The van der Waals surface area contributed by atoms with Crippen molar-refractivity contribution in [1.29, 1.82) is 0 Å². The third-order valence-electron chi connectivity index (χ3n) is 1.74. The summed E-state index contributed by atoms with van der Waals surface area (Å²) < 4.78 is 47.0. The van der Waals surface area contributed by atoms with E-state index in [1.807, 2.05) is 0 Å². The van der Waals surface area contributed by atoms with Crippen molar-refractivity contribution in [3.8, 4) is 0 Å². The Kier molecular flexibility index (Phi) is 3.11. The largest absolute Gasteiger partial charge is 0.236 e. The highest BCUT2D eigenvalue weighted by molar-refractivity contribution is 8.13. The van der Waals surface area contributed by atoms with E-state index in [9.17, 15) is 17.2 Å². The lowest BCUT2D eigenvalue weighted by atomic mass is 10.1. The fourth-order valence-corrected chi connectivity index (χ4v) is 2.06. The molecule has 0 aliphatic carbocycles. The van der Waals surface area contributed by atoms with Crippen LogP contribution in [0.1, 0.15) is 11.1 Å². The van der Waals surface area contributed by atoms with E-state index in [0.717, 1.165) is 6.07 Å². The van der Waals surface area contributed by atoms with Gasteiger partial charge in [-0.3, -0.25) is 0 Å². The van der Waals surface area contributed by atoms with Crippen molar-refractivity contribution in [3.05, 3.63) is 34.9 Å². The Hall–Kier alpha value is -0.680. The first-order chi connectivity index (χ1) is 6.29. The van der Waals surface area contributed by atoms with Gasteiger partial charge in [0.2, 0.25) is 9.05 Å². The van der Waals surface area contributed by atoms with Gasteiger partial charge in [-0.2, -0.15) is 0 Å². The zero-order valence-electron chi connectivity index (χ0n) is 7.22. The summed E-state index contributed by atoms with van der Waals surface area (Å²) >= 11 is 0.